The van der Waals surface area contributed by atoms with Crippen LogP contribution in [0.25, 0.3) is 16.6 Å². The molecular formula is C39H45F3N8O3. The van der Waals surface area contributed by atoms with Crippen molar-refractivity contribution < 1.29 is 27.8 Å². The molecule has 280 valence electrons. The van der Waals surface area contributed by atoms with E-state index in [0.29, 0.717) is 36.4 Å². The molecule has 0 radical (unpaired) electrons. The molecule has 1 unspecified atom stereocenters. The van der Waals surface area contributed by atoms with Crippen LogP contribution in [0.15, 0.2) is 61.3 Å². The first kappa shape index (κ1) is 36.6. The molecule has 1 N–H and O–H groups in total. The number of aliphatic hydroxyl groups is 1. The van der Waals surface area contributed by atoms with Crippen LogP contribution in [0.5, 0.6) is 11.5 Å². The number of carbonyl (C=O) groups is 1. The molecule has 1 amide bonds. The van der Waals surface area contributed by atoms with Crippen LogP contribution >= 0.6 is 0 Å². The summed E-state index contributed by atoms with van der Waals surface area (Å²) in [7, 11) is 0. The predicted octanol–water partition coefficient (Wildman–Crippen LogP) is 5.75. The minimum atomic E-state index is -4.53. The number of alkyl halides is 3. The molecule has 5 aromatic rings. The summed E-state index contributed by atoms with van der Waals surface area (Å²) in [4.78, 5) is 24.7. The number of halogens is 3. The summed E-state index contributed by atoms with van der Waals surface area (Å²) in [6, 6.07) is 8.12. The molecule has 0 spiro atoms. The highest BCUT2D eigenvalue weighted by Crippen LogP contribution is 2.36. The Bertz CT molecular complexity index is 2090. The van der Waals surface area contributed by atoms with Gasteiger partial charge in [0.1, 0.15) is 11.3 Å². The largest absolute Gasteiger partial charge is 0.453 e. The molecule has 4 aromatic heterocycles. The molecule has 1 saturated heterocycles. The van der Waals surface area contributed by atoms with Crippen LogP contribution in [0.4, 0.5) is 13.2 Å². The van der Waals surface area contributed by atoms with Crippen molar-refractivity contribution in [3.63, 3.8) is 0 Å². The first-order valence-corrected chi connectivity index (χ1v) is 18.2. The quantitative estimate of drug-likeness (QED) is 0.184. The van der Waals surface area contributed by atoms with Gasteiger partial charge in [-0.15, -0.1) is 0 Å². The fourth-order valence-electron chi connectivity index (χ4n) is 7.38. The molecule has 1 aromatic carbocycles. The van der Waals surface area contributed by atoms with Gasteiger partial charge in [0.2, 0.25) is 5.91 Å². The van der Waals surface area contributed by atoms with Crippen molar-refractivity contribution in [3.05, 3.63) is 94.8 Å². The number of nitrogens with zero attached hydrogens (tertiary/aromatic N) is 8. The van der Waals surface area contributed by atoms with Gasteiger partial charge in [-0.3, -0.25) is 19.4 Å². The second kappa shape index (κ2) is 15.3. The van der Waals surface area contributed by atoms with Gasteiger partial charge >= 0.3 is 6.18 Å². The van der Waals surface area contributed by atoms with Crippen LogP contribution in [0.1, 0.15) is 53.8 Å². The average Bonchev–Trinajstić information content (AvgIpc) is 3.80. The van der Waals surface area contributed by atoms with Crippen LogP contribution in [0.3, 0.4) is 0 Å². The lowest BCUT2D eigenvalue weighted by molar-refractivity contribution is -0.139. The number of likely N-dealkylation sites (N-methyl/N-ethyl adjacent to an activating group) is 1. The van der Waals surface area contributed by atoms with Crippen molar-refractivity contribution in [2.75, 3.05) is 39.3 Å². The number of carbonyl (C=O) groups excluding carboxylic acids is 1. The maximum Gasteiger partial charge on any atom is 0.416 e. The van der Waals surface area contributed by atoms with Crippen molar-refractivity contribution in [1.29, 1.82) is 0 Å². The van der Waals surface area contributed by atoms with Gasteiger partial charge in [0, 0.05) is 86.5 Å². The molecular weight excluding hydrogens is 685 g/mol. The highest BCUT2D eigenvalue weighted by Gasteiger charge is 2.35. The van der Waals surface area contributed by atoms with Gasteiger partial charge in [0.25, 0.3) is 0 Å². The Balaban J connectivity index is 1.08. The maximum atomic E-state index is 14.3. The minimum Gasteiger partial charge on any atom is -0.453 e. The molecule has 0 aliphatic carbocycles. The number of hydrogen-bond acceptors (Lipinski definition) is 8. The van der Waals surface area contributed by atoms with E-state index in [1.807, 2.05) is 38.4 Å². The topological polar surface area (TPSA) is 104 Å². The maximum absolute atomic E-state index is 14.3. The number of aromatic nitrogens is 5. The van der Waals surface area contributed by atoms with E-state index in [9.17, 15) is 23.1 Å². The molecule has 2 aliphatic heterocycles. The molecule has 7 rings (SSSR count). The number of hydrogen-bond donors (Lipinski definition) is 1. The molecule has 11 nitrogen and oxygen atoms in total. The fourth-order valence-corrected chi connectivity index (χ4v) is 7.38. The number of amides is 1. The third kappa shape index (κ3) is 7.94. The Kier molecular flexibility index (Phi) is 10.5. The van der Waals surface area contributed by atoms with Gasteiger partial charge in [-0.1, -0.05) is 26.0 Å². The zero-order valence-corrected chi connectivity index (χ0v) is 30.3. The van der Waals surface area contributed by atoms with E-state index in [1.165, 1.54) is 0 Å². The van der Waals surface area contributed by atoms with Crippen LogP contribution < -0.4 is 4.74 Å². The Morgan fingerprint density at radius 1 is 0.981 bits per heavy atom. The lowest BCUT2D eigenvalue weighted by Crippen LogP contribution is -2.45. The summed E-state index contributed by atoms with van der Waals surface area (Å²) in [5.74, 6) is 0.889. The number of ether oxygens (including phenoxy) is 1. The Morgan fingerprint density at radius 2 is 1.77 bits per heavy atom. The first-order valence-electron chi connectivity index (χ1n) is 18.2. The van der Waals surface area contributed by atoms with E-state index in [4.69, 9.17) is 9.72 Å². The van der Waals surface area contributed by atoms with Gasteiger partial charge in [-0.05, 0) is 54.8 Å². The number of benzene rings is 1. The zero-order chi connectivity index (χ0) is 37.3. The van der Waals surface area contributed by atoms with Crippen molar-refractivity contribution in [2.45, 2.75) is 71.9 Å². The van der Waals surface area contributed by atoms with Crippen LogP contribution in [0, 0.1) is 6.92 Å². The molecule has 0 bridgehead atoms. The third-order valence-electron chi connectivity index (χ3n) is 10.5. The van der Waals surface area contributed by atoms with E-state index in [2.05, 4.69) is 26.9 Å². The Labute approximate surface area is 306 Å². The summed E-state index contributed by atoms with van der Waals surface area (Å²) < 4.78 is 52.9. The van der Waals surface area contributed by atoms with Gasteiger partial charge < -0.3 is 19.6 Å². The van der Waals surface area contributed by atoms with Gasteiger partial charge in [0.15, 0.2) is 5.75 Å². The second-order valence-electron chi connectivity index (χ2n) is 14.0. The third-order valence-corrected chi connectivity index (χ3v) is 10.5. The minimum absolute atomic E-state index is 0.00826. The summed E-state index contributed by atoms with van der Waals surface area (Å²) >= 11 is 0. The highest BCUT2D eigenvalue weighted by atomic mass is 19.4. The highest BCUT2D eigenvalue weighted by molar-refractivity contribution is 5.79. The van der Waals surface area contributed by atoms with Crippen molar-refractivity contribution in [3.8, 4) is 22.6 Å². The molecule has 6 heterocycles. The second-order valence-corrected chi connectivity index (χ2v) is 14.0. The molecule has 14 heteroatoms. The monoisotopic (exact) mass is 730 g/mol. The predicted molar refractivity (Wildman–Crippen MR) is 193 cm³/mol. The molecule has 53 heavy (non-hydrogen) atoms. The first-order chi connectivity index (χ1) is 25.5. The van der Waals surface area contributed by atoms with Crippen LogP contribution in [0.2, 0.25) is 0 Å². The molecule has 0 saturated carbocycles. The fraction of sp³-hybridized carbons (Fsp3) is 0.436. The summed E-state index contributed by atoms with van der Waals surface area (Å²) in [5.41, 5.74) is 4.97. The van der Waals surface area contributed by atoms with E-state index in [0.717, 1.165) is 72.3 Å². The van der Waals surface area contributed by atoms with Crippen molar-refractivity contribution >= 4 is 11.4 Å². The number of rotatable bonds is 11. The van der Waals surface area contributed by atoms with Crippen molar-refractivity contribution in [1.82, 2.24) is 39.1 Å². The van der Waals surface area contributed by atoms with Gasteiger partial charge in [-0.2, -0.15) is 23.4 Å². The summed E-state index contributed by atoms with van der Waals surface area (Å²) in [6.45, 7) is 11.0. The standard InChI is InChI=1S/C39H45F3N8O3/c1-4-32-18-35-30(16-33(21-43-35)53-38-26(3)19-45-50-25-29(17-36(38)50)31-20-44-48(23-31)12-13-51)24-49(32)37(52)15-27-6-7-28(34(14-27)39(40,41)42)22-47-10-8-46(5-2)9-11-47/h6-7,14,16-17,19-21,23,25,32,51H,4-5,8-13,15,18,22,24H2,1-3H3. The SMILES string of the molecule is CCC1Cc2ncc(Oc3c(C)cnn4cc(-c5cnn(CCO)c5)cc34)cc2CN1C(=O)Cc1ccc(CN2CCN(CC)CC2)c(C(F)(F)F)c1. The number of fused-ring (bicyclic) bond motifs is 2. The van der Waals surface area contributed by atoms with E-state index >= 15 is 0 Å². The zero-order valence-electron chi connectivity index (χ0n) is 30.3. The molecule has 1 fully saturated rings. The van der Waals surface area contributed by atoms with Gasteiger partial charge in [0.05, 0.1) is 43.7 Å². The molecule has 2 aliphatic rings. The number of aryl methyl sites for hydroxylation is 1. The Morgan fingerprint density at radius 3 is 2.51 bits per heavy atom. The smallest absolute Gasteiger partial charge is 0.416 e. The number of piperazine rings is 1. The lowest BCUT2D eigenvalue weighted by atomic mass is 9.95. The van der Waals surface area contributed by atoms with E-state index in [-0.39, 0.29) is 43.6 Å². The summed E-state index contributed by atoms with van der Waals surface area (Å²) in [6.07, 6.45) is 5.48. The van der Waals surface area contributed by atoms with E-state index < -0.39 is 11.7 Å². The van der Waals surface area contributed by atoms with Crippen LogP contribution in [-0.4, -0.2) is 95.5 Å². The number of aliphatic hydroxyl groups excluding tert-OH is 1. The van der Waals surface area contributed by atoms with Gasteiger partial charge in [-0.25, -0.2) is 4.52 Å². The normalized spacial score (nSPS) is 17.0. The van der Waals surface area contributed by atoms with E-state index in [1.54, 1.807) is 44.8 Å². The average molecular weight is 731 g/mol. The van der Waals surface area contributed by atoms with Crippen molar-refractivity contribution in [2.24, 2.45) is 0 Å². The van der Waals surface area contributed by atoms with Crippen LogP contribution in [-0.2, 0) is 43.4 Å². The number of pyridine rings is 1. The Hall–Kier alpha value is -4.79. The lowest BCUT2D eigenvalue weighted by Gasteiger charge is -2.36. The summed E-state index contributed by atoms with van der Waals surface area (Å²) in [5, 5.41) is 18.1. The molecule has 1 atom stereocenters.